The largest absolute Gasteiger partial charge is 0.376 e. The lowest BCUT2D eigenvalue weighted by atomic mass is 9.80. The topological polar surface area (TPSA) is 71.5 Å². The molecule has 6 nitrogen and oxygen atoms in total. The van der Waals surface area contributed by atoms with Crippen LogP contribution < -0.4 is 5.32 Å². The molecule has 1 saturated carbocycles. The predicted molar refractivity (Wildman–Crippen MR) is 88.9 cm³/mol. The van der Waals surface area contributed by atoms with Crippen LogP contribution in [0.15, 0.2) is 23.2 Å². The smallest absolute Gasteiger partial charge is 0.244 e. The average molecular weight is 339 g/mol. The minimum absolute atomic E-state index is 0.0831. The second-order valence-electron chi connectivity index (χ2n) is 6.44. The fourth-order valence-electron chi connectivity index (χ4n) is 3.17. The van der Waals surface area contributed by atoms with Gasteiger partial charge in [-0.25, -0.2) is 13.4 Å². The van der Waals surface area contributed by atoms with Crippen LogP contribution in [-0.2, 0) is 14.8 Å². The van der Waals surface area contributed by atoms with Crippen LogP contribution in [0.4, 0.5) is 5.82 Å². The van der Waals surface area contributed by atoms with E-state index in [0.29, 0.717) is 25.5 Å². The SMILES string of the molecule is COC1(CNc2ccc(S(=O)(=O)N3CCCCC3)cn2)CCC1. The normalized spacial score (nSPS) is 21.6. The molecule has 0 amide bonds. The maximum absolute atomic E-state index is 12.6. The molecule has 1 aromatic rings. The molecule has 0 bridgehead atoms. The summed E-state index contributed by atoms with van der Waals surface area (Å²) in [7, 11) is -1.66. The number of methoxy groups -OCH3 is 1. The van der Waals surface area contributed by atoms with Gasteiger partial charge in [0, 0.05) is 32.9 Å². The minimum Gasteiger partial charge on any atom is -0.376 e. The molecule has 0 unspecified atom stereocenters. The van der Waals surface area contributed by atoms with Crippen LogP contribution in [-0.4, -0.2) is 50.1 Å². The number of nitrogens with one attached hydrogen (secondary N) is 1. The number of ether oxygens (including phenoxy) is 1. The van der Waals surface area contributed by atoms with E-state index in [1.165, 1.54) is 12.6 Å². The van der Waals surface area contributed by atoms with Gasteiger partial charge in [0.15, 0.2) is 0 Å². The van der Waals surface area contributed by atoms with E-state index >= 15 is 0 Å². The number of piperidine rings is 1. The van der Waals surface area contributed by atoms with E-state index in [0.717, 1.165) is 32.1 Å². The molecular weight excluding hydrogens is 314 g/mol. The second kappa shape index (κ2) is 6.75. The number of pyridine rings is 1. The molecule has 128 valence electrons. The Hall–Kier alpha value is -1.18. The number of nitrogens with zero attached hydrogens (tertiary/aromatic N) is 2. The molecule has 1 aromatic heterocycles. The number of hydrogen-bond donors (Lipinski definition) is 1. The number of anilines is 1. The maximum Gasteiger partial charge on any atom is 0.244 e. The lowest BCUT2D eigenvalue weighted by Crippen LogP contribution is -2.45. The van der Waals surface area contributed by atoms with Crippen molar-refractivity contribution < 1.29 is 13.2 Å². The summed E-state index contributed by atoms with van der Waals surface area (Å²) in [6, 6.07) is 3.37. The van der Waals surface area contributed by atoms with Crippen molar-refractivity contribution in [3.8, 4) is 0 Å². The molecular formula is C16H25N3O3S. The zero-order valence-corrected chi connectivity index (χ0v) is 14.4. The maximum atomic E-state index is 12.6. The highest BCUT2D eigenvalue weighted by Gasteiger charge is 2.36. The van der Waals surface area contributed by atoms with E-state index in [9.17, 15) is 8.42 Å². The first-order valence-corrected chi connectivity index (χ1v) is 9.75. The average Bonchev–Trinajstić information content (AvgIpc) is 2.55. The molecule has 1 N–H and O–H groups in total. The van der Waals surface area contributed by atoms with Gasteiger partial charge in [0.25, 0.3) is 0 Å². The zero-order valence-electron chi connectivity index (χ0n) is 13.6. The van der Waals surface area contributed by atoms with Crippen LogP contribution in [0.3, 0.4) is 0 Å². The Morgan fingerprint density at radius 3 is 2.48 bits per heavy atom. The third-order valence-corrected chi connectivity index (χ3v) is 6.86. The lowest BCUT2D eigenvalue weighted by molar-refractivity contribution is -0.0601. The molecule has 0 aromatic carbocycles. The Morgan fingerprint density at radius 2 is 1.96 bits per heavy atom. The predicted octanol–water partition coefficient (Wildman–Crippen LogP) is 2.24. The quantitative estimate of drug-likeness (QED) is 0.860. The van der Waals surface area contributed by atoms with Crippen LogP contribution in [0.5, 0.6) is 0 Å². The number of hydrogen-bond acceptors (Lipinski definition) is 5. The van der Waals surface area contributed by atoms with Gasteiger partial charge in [-0.1, -0.05) is 6.42 Å². The number of sulfonamides is 1. The van der Waals surface area contributed by atoms with Crippen molar-refractivity contribution in [1.82, 2.24) is 9.29 Å². The van der Waals surface area contributed by atoms with E-state index in [1.54, 1.807) is 23.5 Å². The first kappa shape index (κ1) is 16.7. The van der Waals surface area contributed by atoms with Gasteiger partial charge in [-0.15, -0.1) is 0 Å². The molecule has 0 atom stereocenters. The molecule has 2 heterocycles. The summed E-state index contributed by atoms with van der Waals surface area (Å²) in [5.74, 6) is 0.686. The Kier molecular flexibility index (Phi) is 4.89. The highest BCUT2D eigenvalue weighted by atomic mass is 32.2. The van der Waals surface area contributed by atoms with Crippen molar-refractivity contribution in [3.05, 3.63) is 18.3 Å². The van der Waals surface area contributed by atoms with Gasteiger partial charge in [0.2, 0.25) is 10.0 Å². The van der Waals surface area contributed by atoms with Gasteiger partial charge in [-0.2, -0.15) is 4.31 Å². The van der Waals surface area contributed by atoms with E-state index in [-0.39, 0.29) is 10.5 Å². The Balaban J connectivity index is 1.64. The minimum atomic E-state index is -3.40. The fraction of sp³-hybridized carbons (Fsp3) is 0.688. The molecule has 7 heteroatoms. The van der Waals surface area contributed by atoms with Gasteiger partial charge in [0.1, 0.15) is 10.7 Å². The Bertz CT molecular complexity index is 615. The summed E-state index contributed by atoms with van der Waals surface area (Å²) in [5, 5.41) is 3.25. The Labute approximate surface area is 138 Å². The van der Waals surface area contributed by atoms with E-state index in [1.807, 2.05) is 0 Å². The summed E-state index contributed by atoms with van der Waals surface area (Å²) in [4.78, 5) is 4.54. The van der Waals surface area contributed by atoms with E-state index in [4.69, 9.17) is 4.74 Å². The van der Waals surface area contributed by atoms with Crippen molar-refractivity contribution in [3.63, 3.8) is 0 Å². The lowest BCUT2D eigenvalue weighted by Gasteiger charge is -2.40. The summed E-state index contributed by atoms with van der Waals surface area (Å²) in [6.45, 7) is 1.92. The van der Waals surface area contributed by atoms with E-state index in [2.05, 4.69) is 10.3 Å². The van der Waals surface area contributed by atoms with Crippen LogP contribution in [0.1, 0.15) is 38.5 Å². The summed E-state index contributed by atoms with van der Waals surface area (Å²) in [5.41, 5.74) is -0.0831. The van der Waals surface area contributed by atoms with Crippen LogP contribution in [0.25, 0.3) is 0 Å². The number of aromatic nitrogens is 1. The fourth-order valence-corrected chi connectivity index (χ4v) is 4.63. The van der Waals surface area contributed by atoms with Crippen molar-refractivity contribution >= 4 is 15.8 Å². The summed E-state index contributed by atoms with van der Waals surface area (Å²) >= 11 is 0. The van der Waals surface area contributed by atoms with Gasteiger partial charge < -0.3 is 10.1 Å². The van der Waals surface area contributed by atoms with Crippen LogP contribution in [0.2, 0.25) is 0 Å². The van der Waals surface area contributed by atoms with Crippen molar-refractivity contribution in [2.75, 3.05) is 32.1 Å². The van der Waals surface area contributed by atoms with Gasteiger partial charge in [0.05, 0.1) is 5.60 Å². The van der Waals surface area contributed by atoms with Gasteiger partial charge in [-0.05, 0) is 44.2 Å². The van der Waals surface area contributed by atoms with Crippen molar-refractivity contribution in [2.24, 2.45) is 0 Å². The molecule has 3 rings (SSSR count). The molecule has 1 aliphatic heterocycles. The second-order valence-corrected chi connectivity index (χ2v) is 8.38. The highest BCUT2D eigenvalue weighted by Crippen LogP contribution is 2.35. The third-order valence-electron chi connectivity index (χ3n) is 4.98. The third kappa shape index (κ3) is 3.51. The van der Waals surface area contributed by atoms with Gasteiger partial charge in [-0.3, -0.25) is 0 Å². The molecule has 0 spiro atoms. The zero-order chi connectivity index (χ0) is 16.3. The van der Waals surface area contributed by atoms with Crippen molar-refractivity contribution in [1.29, 1.82) is 0 Å². The van der Waals surface area contributed by atoms with Crippen LogP contribution >= 0.6 is 0 Å². The van der Waals surface area contributed by atoms with Crippen LogP contribution in [0, 0.1) is 0 Å². The first-order valence-electron chi connectivity index (χ1n) is 8.31. The molecule has 2 aliphatic rings. The first-order chi connectivity index (χ1) is 11.1. The van der Waals surface area contributed by atoms with E-state index < -0.39 is 10.0 Å². The monoisotopic (exact) mass is 339 g/mol. The molecule has 1 aliphatic carbocycles. The van der Waals surface area contributed by atoms with Gasteiger partial charge >= 0.3 is 0 Å². The van der Waals surface area contributed by atoms with Crippen molar-refractivity contribution in [2.45, 2.75) is 49.0 Å². The molecule has 1 saturated heterocycles. The molecule has 2 fully saturated rings. The summed E-state index contributed by atoms with van der Waals surface area (Å²) in [6.07, 6.45) is 7.73. The highest BCUT2D eigenvalue weighted by molar-refractivity contribution is 7.89. The molecule has 23 heavy (non-hydrogen) atoms. The molecule has 0 radical (unpaired) electrons. The number of rotatable bonds is 6. The Morgan fingerprint density at radius 1 is 1.22 bits per heavy atom. The summed E-state index contributed by atoms with van der Waals surface area (Å²) < 4.78 is 32.3. The standard InChI is InChI=1S/C16H25N3O3S/c1-22-16(8-5-9-16)13-18-15-7-6-14(12-17-15)23(20,21)19-10-3-2-4-11-19/h6-7,12H,2-5,8-11,13H2,1H3,(H,17,18).